The zero-order chi connectivity index (χ0) is 15.0. The second-order valence-corrected chi connectivity index (χ2v) is 4.79. The van der Waals surface area contributed by atoms with Crippen LogP contribution in [-0.2, 0) is 0 Å². The highest BCUT2D eigenvalue weighted by molar-refractivity contribution is 5.77. The number of hydrogen-bond donors (Lipinski definition) is 2. The zero-order valence-corrected chi connectivity index (χ0v) is 11.4. The van der Waals surface area contributed by atoms with E-state index in [1.54, 1.807) is 12.1 Å². The van der Waals surface area contributed by atoms with Gasteiger partial charge in [-0.2, -0.15) is 0 Å². The third-order valence-corrected chi connectivity index (χ3v) is 3.23. The molecule has 0 fully saturated rings. The number of anilines is 3. The van der Waals surface area contributed by atoms with Crippen LogP contribution < -0.4 is 20.5 Å². The van der Waals surface area contributed by atoms with Crippen molar-refractivity contribution in [2.45, 2.75) is 6.92 Å². The van der Waals surface area contributed by atoms with E-state index in [-0.39, 0.29) is 11.3 Å². The Morgan fingerprint density at radius 1 is 0.952 bits per heavy atom. The third-order valence-electron chi connectivity index (χ3n) is 3.23. The Kier molecular flexibility index (Phi) is 3.29. The van der Waals surface area contributed by atoms with Crippen LogP contribution in [0.3, 0.4) is 0 Å². The van der Waals surface area contributed by atoms with Crippen molar-refractivity contribution in [3.63, 3.8) is 0 Å². The molecular weight excluding hydrogens is 278 g/mol. The van der Waals surface area contributed by atoms with E-state index in [4.69, 9.17) is 15.2 Å². The summed E-state index contributed by atoms with van der Waals surface area (Å²) >= 11 is 0. The molecule has 2 aromatic carbocycles. The fourth-order valence-electron chi connectivity index (χ4n) is 2.10. The first-order chi connectivity index (χ1) is 10.0. The summed E-state index contributed by atoms with van der Waals surface area (Å²) in [6.07, 6.45) is 0. The molecule has 0 atom stereocenters. The van der Waals surface area contributed by atoms with Gasteiger partial charge in [-0.25, -0.2) is 8.78 Å². The topological polar surface area (TPSA) is 56.5 Å². The standard InChI is InChI=1S/C15H14F2N2O2/c1-8-4-10(17)12(5-9(8)16)19-13-7-15-14(6-11(13)18)20-2-3-21-15/h4-7,19H,2-3,18H2,1H3. The molecular formula is C15H14F2N2O2. The van der Waals surface area contributed by atoms with E-state index >= 15 is 0 Å². The van der Waals surface area contributed by atoms with Gasteiger partial charge in [0.05, 0.1) is 17.1 Å². The smallest absolute Gasteiger partial charge is 0.163 e. The van der Waals surface area contributed by atoms with Crippen molar-refractivity contribution in [3.05, 3.63) is 41.5 Å². The maximum atomic E-state index is 13.9. The van der Waals surface area contributed by atoms with Crippen molar-refractivity contribution in [2.24, 2.45) is 0 Å². The number of nitrogen functional groups attached to an aromatic ring is 1. The molecule has 3 rings (SSSR count). The van der Waals surface area contributed by atoms with Gasteiger partial charge in [-0.1, -0.05) is 0 Å². The Labute approximate surface area is 120 Å². The van der Waals surface area contributed by atoms with Gasteiger partial charge in [0.2, 0.25) is 0 Å². The number of benzene rings is 2. The average Bonchev–Trinajstić information content (AvgIpc) is 2.45. The molecule has 6 heteroatoms. The summed E-state index contributed by atoms with van der Waals surface area (Å²) in [7, 11) is 0. The summed E-state index contributed by atoms with van der Waals surface area (Å²) in [6.45, 7) is 2.39. The van der Waals surface area contributed by atoms with Gasteiger partial charge in [-0.15, -0.1) is 0 Å². The Balaban J connectivity index is 1.96. The highest BCUT2D eigenvalue weighted by atomic mass is 19.1. The van der Waals surface area contributed by atoms with Gasteiger partial charge >= 0.3 is 0 Å². The van der Waals surface area contributed by atoms with Crippen molar-refractivity contribution < 1.29 is 18.3 Å². The van der Waals surface area contributed by atoms with Crippen molar-refractivity contribution in [1.29, 1.82) is 0 Å². The number of aryl methyl sites for hydroxylation is 1. The van der Waals surface area contributed by atoms with E-state index in [1.807, 2.05) is 0 Å². The van der Waals surface area contributed by atoms with Crippen molar-refractivity contribution >= 4 is 17.1 Å². The Bertz CT molecular complexity index is 705. The molecule has 1 aliphatic rings. The van der Waals surface area contributed by atoms with Gasteiger partial charge < -0.3 is 20.5 Å². The van der Waals surface area contributed by atoms with Gasteiger partial charge in [-0.05, 0) is 18.6 Å². The number of fused-ring (bicyclic) bond motifs is 1. The van der Waals surface area contributed by atoms with E-state index in [0.29, 0.717) is 36.1 Å². The van der Waals surface area contributed by atoms with Crippen LogP contribution >= 0.6 is 0 Å². The number of nitrogens with two attached hydrogens (primary N) is 1. The zero-order valence-electron chi connectivity index (χ0n) is 11.4. The molecule has 1 heterocycles. The maximum absolute atomic E-state index is 13.9. The monoisotopic (exact) mass is 292 g/mol. The molecule has 3 N–H and O–H groups in total. The molecule has 0 saturated heterocycles. The molecule has 0 aromatic heterocycles. The first-order valence-corrected chi connectivity index (χ1v) is 6.46. The molecule has 0 saturated carbocycles. The van der Waals surface area contributed by atoms with Crippen LogP contribution in [0.5, 0.6) is 11.5 Å². The van der Waals surface area contributed by atoms with E-state index in [9.17, 15) is 8.78 Å². The normalized spacial score (nSPS) is 13.1. The minimum atomic E-state index is -0.553. The van der Waals surface area contributed by atoms with Crippen molar-refractivity contribution in [3.8, 4) is 11.5 Å². The van der Waals surface area contributed by atoms with Gasteiger partial charge in [0.25, 0.3) is 0 Å². The first-order valence-electron chi connectivity index (χ1n) is 6.46. The average molecular weight is 292 g/mol. The molecule has 0 radical (unpaired) electrons. The molecule has 2 aromatic rings. The predicted molar refractivity (Wildman–Crippen MR) is 76.2 cm³/mol. The Hall–Kier alpha value is -2.50. The number of hydrogen-bond acceptors (Lipinski definition) is 4. The maximum Gasteiger partial charge on any atom is 0.163 e. The first kappa shape index (κ1) is 13.5. The molecule has 0 amide bonds. The quantitative estimate of drug-likeness (QED) is 0.833. The second kappa shape index (κ2) is 5.12. The molecule has 0 unspecified atom stereocenters. The second-order valence-electron chi connectivity index (χ2n) is 4.79. The summed E-state index contributed by atoms with van der Waals surface area (Å²) in [5.41, 5.74) is 6.95. The van der Waals surface area contributed by atoms with E-state index in [0.717, 1.165) is 12.1 Å². The highest BCUT2D eigenvalue weighted by Crippen LogP contribution is 2.38. The minimum absolute atomic E-state index is 0.0153. The summed E-state index contributed by atoms with van der Waals surface area (Å²) in [6, 6.07) is 5.44. The largest absolute Gasteiger partial charge is 0.486 e. The van der Waals surface area contributed by atoms with Crippen LogP contribution in [0.25, 0.3) is 0 Å². The van der Waals surface area contributed by atoms with Crippen LogP contribution in [0.4, 0.5) is 25.8 Å². The lowest BCUT2D eigenvalue weighted by Gasteiger charge is -2.20. The van der Waals surface area contributed by atoms with Crippen LogP contribution in [0.15, 0.2) is 24.3 Å². The van der Waals surface area contributed by atoms with Crippen LogP contribution in [-0.4, -0.2) is 13.2 Å². The molecule has 21 heavy (non-hydrogen) atoms. The van der Waals surface area contributed by atoms with Crippen LogP contribution in [0, 0.1) is 18.6 Å². The van der Waals surface area contributed by atoms with Gasteiger partial charge in [0.1, 0.15) is 24.8 Å². The van der Waals surface area contributed by atoms with Gasteiger partial charge in [0.15, 0.2) is 11.5 Å². The number of ether oxygens (including phenoxy) is 2. The van der Waals surface area contributed by atoms with Gasteiger partial charge in [-0.3, -0.25) is 0 Å². The predicted octanol–water partition coefficient (Wildman–Crippen LogP) is 3.37. The summed E-state index contributed by atoms with van der Waals surface area (Å²) < 4.78 is 38.3. The Morgan fingerprint density at radius 2 is 1.62 bits per heavy atom. The molecule has 0 spiro atoms. The van der Waals surface area contributed by atoms with E-state index in [1.165, 1.54) is 6.92 Å². The van der Waals surface area contributed by atoms with Crippen molar-refractivity contribution in [1.82, 2.24) is 0 Å². The lowest BCUT2D eigenvalue weighted by atomic mass is 10.1. The fraction of sp³-hybridized carbons (Fsp3) is 0.200. The molecule has 1 aliphatic heterocycles. The Morgan fingerprint density at radius 3 is 2.33 bits per heavy atom. The minimum Gasteiger partial charge on any atom is -0.486 e. The lowest BCUT2D eigenvalue weighted by Crippen LogP contribution is -2.15. The summed E-state index contributed by atoms with van der Waals surface area (Å²) in [5.74, 6) is 0.0176. The molecule has 110 valence electrons. The molecule has 0 aliphatic carbocycles. The van der Waals surface area contributed by atoms with Crippen LogP contribution in [0.1, 0.15) is 5.56 Å². The van der Waals surface area contributed by atoms with Gasteiger partial charge in [0, 0.05) is 18.2 Å². The summed E-state index contributed by atoms with van der Waals surface area (Å²) in [4.78, 5) is 0. The molecule has 4 nitrogen and oxygen atoms in total. The summed E-state index contributed by atoms with van der Waals surface area (Å²) in [5, 5.41) is 2.78. The number of rotatable bonds is 2. The number of halogens is 2. The fourth-order valence-corrected chi connectivity index (χ4v) is 2.10. The number of nitrogens with one attached hydrogen (secondary N) is 1. The third kappa shape index (κ3) is 2.56. The molecule has 0 bridgehead atoms. The van der Waals surface area contributed by atoms with Crippen LogP contribution in [0.2, 0.25) is 0 Å². The van der Waals surface area contributed by atoms with E-state index < -0.39 is 11.6 Å². The highest BCUT2D eigenvalue weighted by Gasteiger charge is 2.16. The lowest BCUT2D eigenvalue weighted by molar-refractivity contribution is 0.172. The van der Waals surface area contributed by atoms with Crippen molar-refractivity contribution in [2.75, 3.05) is 24.3 Å². The van der Waals surface area contributed by atoms with E-state index in [2.05, 4.69) is 5.32 Å². The SMILES string of the molecule is Cc1cc(F)c(Nc2cc3c(cc2N)OCCO3)cc1F.